The lowest BCUT2D eigenvalue weighted by Crippen LogP contribution is -2.59. The van der Waals surface area contributed by atoms with Crippen molar-refractivity contribution in [2.24, 2.45) is 0 Å². The zero-order valence-electron chi connectivity index (χ0n) is 13.7. The Morgan fingerprint density at radius 3 is 2.77 bits per heavy atom. The molecule has 0 radical (unpaired) electrons. The standard InChI is InChI=1S/C18H27N3O/c1-14-6-8-16(9-7-14)19-18(22)13-21-12-17-5-3-4-10-20(17)11-15(21)2/h6-9,15,17H,3-5,10-13H2,1-2H3,(H,19,22)/t15-,17-/m1/s1. The van der Waals surface area contributed by atoms with Gasteiger partial charge in [0.1, 0.15) is 0 Å². The van der Waals surface area contributed by atoms with Crippen molar-refractivity contribution in [3.63, 3.8) is 0 Å². The van der Waals surface area contributed by atoms with Crippen LogP contribution in [0.15, 0.2) is 24.3 Å². The molecule has 4 heteroatoms. The van der Waals surface area contributed by atoms with E-state index in [9.17, 15) is 4.79 Å². The molecule has 2 fully saturated rings. The maximum atomic E-state index is 12.3. The van der Waals surface area contributed by atoms with E-state index in [1.165, 1.54) is 31.4 Å². The SMILES string of the molecule is Cc1ccc(NC(=O)CN2C[C@H]3CCCCN3C[C@H]2C)cc1. The number of aryl methyl sites for hydroxylation is 1. The predicted octanol–water partition coefficient (Wildman–Crippen LogP) is 2.49. The third kappa shape index (κ3) is 3.68. The molecule has 1 aromatic rings. The number of carbonyl (C=O) groups excluding carboxylic acids is 1. The highest BCUT2D eigenvalue weighted by molar-refractivity contribution is 5.92. The second-order valence-corrected chi connectivity index (χ2v) is 6.84. The van der Waals surface area contributed by atoms with E-state index in [0.29, 0.717) is 18.6 Å². The quantitative estimate of drug-likeness (QED) is 0.932. The molecule has 2 aliphatic rings. The average molecular weight is 301 g/mol. The first-order chi connectivity index (χ1) is 10.6. The van der Waals surface area contributed by atoms with Crippen LogP contribution >= 0.6 is 0 Å². The second kappa shape index (κ2) is 6.80. The van der Waals surface area contributed by atoms with Gasteiger partial charge in [-0.15, -0.1) is 0 Å². The Bertz CT molecular complexity index is 514. The molecule has 0 saturated carbocycles. The van der Waals surface area contributed by atoms with Gasteiger partial charge in [-0.3, -0.25) is 14.6 Å². The van der Waals surface area contributed by atoms with Gasteiger partial charge in [-0.25, -0.2) is 0 Å². The molecule has 1 amide bonds. The number of carbonyl (C=O) groups is 1. The second-order valence-electron chi connectivity index (χ2n) is 6.84. The summed E-state index contributed by atoms with van der Waals surface area (Å²) in [6.07, 6.45) is 3.94. The summed E-state index contributed by atoms with van der Waals surface area (Å²) in [7, 11) is 0. The Hall–Kier alpha value is -1.39. The van der Waals surface area contributed by atoms with Gasteiger partial charge in [-0.05, 0) is 45.4 Å². The van der Waals surface area contributed by atoms with E-state index in [1.807, 2.05) is 24.3 Å². The summed E-state index contributed by atoms with van der Waals surface area (Å²) in [6, 6.07) is 9.10. The molecule has 0 aromatic heterocycles. The molecule has 1 aromatic carbocycles. The van der Waals surface area contributed by atoms with Gasteiger partial charge in [0.15, 0.2) is 0 Å². The summed E-state index contributed by atoms with van der Waals surface area (Å²) in [5, 5.41) is 3.01. The van der Waals surface area contributed by atoms with Gasteiger partial charge in [0.25, 0.3) is 0 Å². The molecule has 0 bridgehead atoms. The maximum absolute atomic E-state index is 12.3. The number of fused-ring (bicyclic) bond motifs is 1. The van der Waals surface area contributed by atoms with Crippen LogP contribution in [0.25, 0.3) is 0 Å². The number of benzene rings is 1. The lowest BCUT2D eigenvalue weighted by Gasteiger charge is -2.47. The monoisotopic (exact) mass is 301 g/mol. The van der Waals surface area contributed by atoms with Gasteiger partial charge in [-0.1, -0.05) is 24.1 Å². The molecule has 0 aliphatic carbocycles. The lowest BCUT2D eigenvalue weighted by atomic mass is 9.97. The van der Waals surface area contributed by atoms with Crippen molar-refractivity contribution in [3.05, 3.63) is 29.8 Å². The van der Waals surface area contributed by atoms with Crippen LogP contribution in [0.4, 0.5) is 5.69 Å². The van der Waals surface area contributed by atoms with E-state index in [-0.39, 0.29) is 5.91 Å². The molecule has 1 N–H and O–H groups in total. The molecule has 3 rings (SSSR count). The van der Waals surface area contributed by atoms with Crippen LogP contribution in [0.5, 0.6) is 0 Å². The first kappa shape index (κ1) is 15.5. The summed E-state index contributed by atoms with van der Waals surface area (Å²) in [5.74, 6) is 0.0972. The molecule has 2 heterocycles. The first-order valence-electron chi connectivity index (χ1n) is 8.46. The Morgan fingerprint density at radius 1 is 1.23 bits per heavy atom. The van der Waals surface area contributed by atoms with Gasteiger partial charge < -0.3 is 5.32 Å². The zero-order chi connectivity index (χ0) is 15.5. The highest BCUT2D eigenvalue weighted by atomic mass is 16.2. The van der Waals surface area contributed by atoms with Crippen molar-refractivity contribution in [3.8, 4) is 0 Å². The number of hydrogen-bond donors (Lipinski definition) is 1. The van der Waals surface area contributed by atoms with Crippen LogP contribution in [0.2, 0.25) is 0 Å². The van der Waals surface area contributed by atoms with Crippen molar-refractivity contribution in [1.82, 2.24) is 9.80 Å². The number of piperidine rings is 1. The smallest absolute Gasteiger partial charge is 0.238 e. The Labute approximate surface area is 133 Å². The summed E-state index contributed by atoms with van der Waals surface area (Å²) in [4.78, 5) is 17.3. The van der Waals surface area contributed by atoms with Crippen molar-refractivity contribution >= 4 is 11.6 Å². The molecule has 120 valence electrons. The molecule has 2 atom stereocenters. The third-order valence-electron chi connectivity index (χ3n) is 5.00. The van der Waals surface area contributed by atoms with E-state index in [2.05, 4.69) is 29.0 Å². The minimum absolute atomic E-state index is 0.0972. The Balaban J connectivity index is 1.55. The van der Waals surface area contributed by atoms with Gasteiger partial charge in [0, 0.05) is 30.9 Å². The number of nitrogens with one attached hydrogen (secondary N) is 1. The van der Waals surface area contributed by atoms with Crippen LogP contribution < -0.4 is 5.32 Å². The van der Waals surface area contributed by atoms with Crippen molar-refractivity contribution < 1.29 is 4.79 Å². The summed E-state index contributed by atoms with van der Waals surface area (Å²) in [5.41, 5.74) is 2.10. The Kier molecular flexibility index (Phi) is 4.79. The van der Waals surface area contributed by atoms with E-state index in [4.69, 9.17) is 0 Å². The van der Waals surface area contributed by atoms with Crippen molar-refractivity contribution in [2.75, 3.05) is 31.5 Å². The van der Waals surface area contributed by atoms with Gasteiger partial charge in [0.05, 0.1) is 6.54 Å². The molecule has 0 unspecified atom stereocenters. The number of nitrogens with zero attached hydrogens (tertiary/aromatic N) is 2. The highest BCUT2D eigenvalue weighted by Crippen LogP contribution is 2.23. The summed E-state index contributed by atoms with van der Waals surface area (Å²) >= 11 is 0. The minimum atomic E-state index is 0.0972. The molecule has 0 spiro atoms. The lowest BCUT2D eigenvalue weighted by molar-refractivity contribution is -0.119. The van der Waals surface area contributed by atoms with Crippen molar-refractivity contribution in [1.29, 1.82) is 0 Å². The molecule has 2 aliphatic heterocycles. The average Bonchev–Trinajstić information content (AvgIpc) is 2.50. The topological polar surface area (TPSA) is 35.6 Å². The van der Waals surface area contributed by atoms with E-state index >= 15 is 0 Å². The fraction of sp³-hybridized carbons (Fsp3) is 0.611. The van der Waals surface area contributed by atoms with Crippen LogP contribution in [0.3, 0.4) is 0 Å². The fourth-order valence-corrected chi connectivity index (χ4v) is 3.65. The van der Waals surface area contributed by atoms with Gasteiger partial charge >= 0.3 is 0 Å². The molecular weight excluding hydrogens is 274 g/mol. The van der Waals surface area contributed by atoms with Crippen LogP contribution in [0.1, 0.15) is 31.7 Å². The number of amides is 1. The van der Waals surface area contributed by atoms with Gasteiger partial charge in [-0.2, -0.15) is 0 Å². The Morgan fingerprint density at radius 2 is 2.00 bits per heavy atom. The summed E-state index contributed by atoms with van der Waals surface area (Å²) in [6.45, 7) is 8.16. The maximum Gasteiger partial charge on any atom is 0.238 e. The van der Waals surface area contributed by atoms with E-state index in [0.717, 1.165) is 18.8 Å². The molecule has 22 heavy (non-hydrogen) atoms. The van der Waals surface area contributed by atoms with Crippen LogP contribution in [-0.2, 0) is 4.79 Å². The van der Waals surface area contributed by atoms with Crippen LogP contribution in [-0.4, -0.2) is 54.0 Å². The van der Waals surface area contributed by atoms with Gasteiger partial charge in [0.2, 0.25) is 5.91 Å². The van der Waals surface area contributed by atoms with Crippen molar-refractivity contribution in [2.45, 2.75) is 45.2 Å². The van der Waals surface area contributed by atoms with E-state index < -0.39 is 0 Å². The van der Waals surface area contributed by atoms with E-state index in [1.54, 1.807) is 0 Å². The normalized spacial score (nSPS) is 26.5. The number of rotatable bonds is 3. The third-order valence-corrected chi connectivity index (χ3v) is 5.00. The largest absolute Gasteiger partial charge is 0.325 e. The summed E-state index contributed by atoms with van der Waals surface area (Å²) < 4.78 is 0. The molecular formula is C18H27N3O. The fourth-order valence-electron chi connectivity index (χ4n) is 3.65. The first-order valence-corrected chi connectivity index (χ1v) is 8.46. The minimum Gasteiger partial charge on any atom is -0.325 e. The zero-order valence-corrected chi connectivity index (χ0v) is 13.7. The van der Waals surface area contributed by atoms with Crippen LogP contribution in [0, 0.1) is 6.92 Å². The highest BCUT2D eigenvalue weighted by Gasteiger charge is 2.33. The number of anilines is 1. The predicted molar refractivity (Wildman–Crippen MR) is 90.1 cm³/mol. The molecule has 4 nitrogen and oxygen atoms in total. The molecule has 2 saturated heterocycles. The number of hydrogen-bond acceptors (Lipinski definition) is 3. The number of piperazine rings is 1.